The van der Waals surface area contributed by atoms with Gasteiger partial charge in [-0.2, -0.15) is 4.98 Å². The van der Waals surface area contributed by atoms with Gasteiger partial charge in [0, 0.05) is 38.3 Å². The molecule has 0 amide bonds. The maximum absolute atomic E-state index is 6.65. The molecule has 2 N–H and O–H groups in total. The van der Waals surface area contributed by atoms with Crippen molar-refractivity contribution in [3.05, 3.63) is 77.1 Å². The summed E-state index contributed by atoms with van der Waals surface area (Å²) in [6, 6.07) is 20.2. The zero-order valence-electron chi connectivity index (χ0n) is 15.0. The second-order valence-corrected chi connectivity index (χ2v) is 6.88. The summed E-state index contributed by atoms with van der Waals surface area (Å²) in [4.78, 5) is 11.6. The van der Waals surface area contributed by atoms with E-state index in [1.54, 1.807) is 0 Å². The first kappa shape index (κ1) is 17.8. The summed E-state index contributed by atoms with van der Waals surface area (Å²) in [5.41, 5.74) is 4.03. The van der Waals surface area contributed by atoms with Gasteiger partial charge in [0.05, 0.1) is 11.4 Å². The van der Waals surface area contributed by atoms with Gasteiger partial charge in [0.2, 0.25) is 5.95 Å². The fraction of sp³-hybridized carbons (Fsp3) is 0.238. The van der Waals surface area contributed by atoms with Crippen LogP contribution in [0.25, 0.3) is 0 Å². The molecule has 3 aromatic rings. The summed E-state index contributed by atoms with van der Waals surface area (Å²) in [7, 11) is 0. The number of hydrogen-bond acceptors (Lipinski definition) is 5. The Labute approximate surface area is 164 Å². The van der Waals surface area contributed by atoms with Crippen LogP contribution in [0.3, 0.4) is 0 Å². The van der Waals surface area contributed by atoms with Crippen LogP contribution in [0.2, 0.25) is 5.15 Å². The van der Waals surface area contributed by atoms with E-state index in [0.29, 0.717) is 17.5 Å². The number of aromatic nitrogens is 2. The number of benzene rings is 2. The van der Waals surface area contributed by atoms with Crippen LogP contribution in [0.4, 0.5) is 17.3 Å². The second-order valence-electron chi connectivity index (χ2n) is 6.52. The molecule has 138 valence electrons. The van der Waals surface area contributed by atoms with E-state index in [0.717, 1.165) is 43.2 Å². The highest BCUT2D eigenvalue weighted by molar-refractivity contribution is 6.32. The monoisotopic (exact) mass is 379 g/mol. The Morgan fingerprint density at radius 1 is 0.926 bits per heavy atom. The number of nitrogens with zero attached hydrogens (tertiary/aromatic N) is 3. The summed E-state index contributed by atoms with van der Waals surface area (Å²) >= 11 is 6.65. The van der Waals surface area contributed by atoms with Crippen LogP contribution in [0, 0.1) is 0 Å². The maximum Gasteiger partial charge on any atom is 0.229 e. The molecule has 1 aliphatic heterocycles. The van der Waals surface area contributed by atoms with Crippen LogP contribution in [0.5, 0.6) is 0 Å². The topological polar surface area (TPSA) is 53.1 Å². The zero-order chi connectivity index (χ0) is 18.5. The molecule has 27 heavy (non-hydrogen) atoms. The van der Waals surface area contributed by atoms with Gasteiger partial charge in [0.15, 0.2) is 5.15 Å². The molecule has 0 aliphatic carbocycles. The molecule has 1 saturated heterocycles. The van der Waals surface area contributed by atoms with Crippen molar-refractivity contribution < 1.29 is 0 Å². The van der Waals surface area contributed by atoms with Gasteiger partial charge in [-0.3, -0.25) is 0 Å². The Hall–Kier alpha value is -2.63. The average Bonchev–Trinajstić information content (AvgIpc) is 2.70. The van der Waals surface area contributed by atoms with Gasteiger partial charge in [-0.05, 0) is 17.7 Å². The Balaban J connectivity index is 1.70. The lowest BCUT2D eigenvalue weighted by Crippen LogP contribution is -2.44. The molecular formula is C21H22ClN5. The van der Waals surface area contributed by atoms with Gasteiger partial charge in [0.1, 0.15) is 0 Å². The van der Waals surface area contributed by atoms with Crippen molar-refractivity contribution in [2.45, 2.75) is 6.42 Å². The lowest BCUT2D eigenvalue weighted by atomic mass is 10.1. The van der Waals surface area contributed by atoms with Gasteiger partial charge in [-0.15, -0.1) is 0 Å². The first-order chi connectivity index (χ1) is 13.3. The molecule has 2 aromatic carbocycles. The molecule has 2 heterocycles. The Bertz CT molecular complexity index is 880. The molecule has 1 aromatic heterocycles. The van der Waals surface area contributed by atoms with E-state index in [-0.39, 0.29) is 0 Å². The summed E-state index contributed by atoms with van der Waals surface area (Å²) in [5.74, 6) is 0.524. The molecule has 0 spiro atoms. The van der Waals surface area contributed by atoms with Gasteiger partial charge in [0.25, 0.3) is 0 Å². The fourth-order valence-corrected chi connectivity index (χ4v) is 3.60. The number of hydrogen-bond donors (Lipinski definition) is 2. The van der Waals surface area contributed by atoms with Crippen molar-refractivity contribution in [1.82, 2.24) is 15.3 Å². The van der Waals surface area contributed by atoms with E-state index in [9.17, 15) is 0 Å². The molecule has 6 heteroatoms. The van der Waals surface area contributed by atoms with Crippen LogP contribution in [-0.2, 0) is 6.42 Å². The van der Waals surface area contributed by atoms with Gasteiger partial charge in [-0.25, -0.2) is 4.98 Å². The standard InChI is InChI=1S/C21H22ClN5/c22-20-19(27-13-11-23-12-14-27)18(15-16-7-3-1-4-8-16)25-21(26-20)24-17-9-5-2-6-10-17/h1-10,23H,11-15H2,(H,24,25,26). The highest BCUT2D eigenvalue weighted by atomic mass is 35.5. The molecule has 1 aliphatic rings. The molecule has 0 unspecified atom stereocenters. The Kier molecular flexibility index (Phi) is 5.51. The van der Waals surface area contributed by atoms with Crippen molar-refractivity contribution in [3.8, 4) is 0 Å². The van der Waals surface area contributed by atoms with Crippen molar-refractivity contribution in [3.63, 3.8) is 0 Å². The second kappa shape index (κ2) is 8.37. The van der Waals surface area contributed by atoms with Crippen LogP contribution in [0.1, 0.15) is 11.3 Å². The highest BCUT2D eigenvalue weighted by Gasteiger charge is 2.21. The van der Waals surface area contributed by atoms with Gasteiger partial charge in [-0.1, -0.05) is 60.1 Å². The first-order valence-corrected chi connectivity index (χ1v) is 9.55. The fourth-order valence-electron chi connectivity index (χ4n) is 3.29. The van der Waals surface area contributed by atoms with Gasteiger partial charge >= 0.3 is 0 Å². The third-order valence-electron chi connectivity index (χ3n) is 4.59. The zero-order valence-corrected chi connectivity index (χ0v) is 15.8. The van der Waals surface area contributed by atoms with Crippen LogP contribution < -0.4 is 15.5 Å². The lowest BCUT2D eigenvalue weighted by Gasteiger charge is -2.31. The molecule has 0 atom stereocenters. The van der Waals surface area contributed by atoms with E-state index in [4.69, 9.17) is 16.6 Å². The first-order valence-electron chi connectivity index (χ1n) is 9.18. The van der Waals surface area contributed by atoms with E-state index in [1.165, 1.54) is 5.56 Å². The van der Waals surface area contributed by atoms with E-state index >= 15 is 0 Å². The van der Waals surface area contributed by atoms with Crippen molar-refractivity contribution >= 4 is 28.9 Å². The van der Waals surface area contributed by atoms with Crippen LogP contribution >= 0.6 is 11.6 Å². The maximum atomic E-state index is 6.65. The summed E-state index contributed by atoms with van der Waals surface area (Å²) in [5, 5.41) is 7.14. The summed E-state index contributed by atoms with van der Waals surface area (Å²) < 4.78 is 0. The largest absolute Gasteiger partial charge is 0.365 e. The van der Waals surface area contributed by atoms with Crippen molar-refractivity contribution in [1.29, 1.82) is 0 Å². The normalized spacial score (nSPS) is 14.2. The van der Waals surface area contributed by atoms with E-state index in [2.05, 4.69) is 32.7 Å². The van der Waals surface area contributed by atoms with Gasteiger partial charge < -0.3 is 15.5 Å². The number of nitrogens with one attached hydrogen (secondary N) is 2. The quantitative estimate of drug-likeness (QED) is 0.659. The molecule has 4 rings (SSSR count). The number of anilines is 3. The highest BCUT2D eigenvalue weighted by Crippen LogP contribution is 2.31. The molecule has 0 radical (unpaired) electrons. The van der Waals surface area contributed by atoms with E-state index in [1.807, 2.05) is 48.5 Å². The molecule has 0 saturated carbocycles. The lowest BCUT2D eigenvalue weighted by molar-refractivity contribution is 0.586. The van der Waals surface area contributed by atoms with Crippen molar-refractivity contribution in [2.24, 2.45) is 0 Å². The molecule has 5 nitrogen and oxygen atoms in total. The Morgan fingerprint density at radius 3 is 2.30 bits per heavy atom. The third kappa shape index (κ3) is 4.38. The minimum Gasteiger partial charge on any atom is -0.365 e. The number of halogens is 1. The Morgan fingerprint density at radius 2 is 1.59 bits per heavy atom. The average molecular weight is 380 g/mol. The third-order valence-corrected chi connectivity index (χ3v) is 4.85. The number of para-hydroxylation sites is 1. The minimum absolute atomic E-state index is 0.497. The summed E-state index contributed by atoms with van der Waals surface area (Å²) in [6.07, 6.45) is 0.714. The molecule has 1 fully saturated rings. The van der Waals surface area contributed by atoms with E-state index < -0.39 is 0 Å². The number of rotatable bonds is 5. The SMILES string of the molecule is Clc1nc(Nc2ccccc2)nc(Cc2ccccc2)c1N1CCNCC1. The predicted octanol–water partition coefficient (Wildman–Crippen LogP) is 3.87. The molecular weight excluding hydrogens is 358 g/mol. The smallest absolute Gasteiger partial charge is 0.229 e. The summed E-state index contributed by atoms with van der Waals surface area (Å²) in [6.45, 7) is 3.67. The predicted molar refractivity (Wildman–Crippen MR) is 111 cm³/mol. The van der Waals surface area contributed by atoms with Crippen LogP contribution in [0.15, 0.2) is 60.7 Å². The number of piperazine rings is 1. The molecule has 0 bridgehead atoms. The van der Waals surface area contributed by atoms with Crippen molar-refractivity contribution in [2.75, 3.05) is 36.4 Å². The van der Waals surface area contributed by atoms with Crippen LogP contribution in [-0.4, -0.2) is 36.1 Å². The minimum atomic E-state index is 0.497.